The molecule has 7 nitrogen and oxygen atoms in total. The number of ether oxygens (including phenoxy) is 2. The van der Waals surface area contributed by atoms with Gasteiger partial charge in [-0.15, -0.1) is 0 Å². The largest absolute Gasteiger partial charge is 0.416 e. The van der Waals surface area contributed by atoms with E-state index in [1.807, 2.05) is 13.8 Å². The van der Waals surface area contributed by atoms with Gasteiger partial charge in [0.1, 0.15) is 6.04 Å². The number of para-hydroxylation sites is 1. The maximum atomic E-state index is 13.1. The van der Waals surface area contributed by atoms with Crippen LogP contribution in [0.1, 0.15) is 31.0 Å². The van der Waals surface area contributed by atoms with E-state index in [1.54, 1.807) is 24.3 Å². The van der Waals surface area contributed by atoms with Crippen LogP contribution in [0.25, 0.3) is 0 Å². The van der Waals surface area contributed by atoms with Gasteiger partial charge in [-0.05, 0) is 44.2 Å². The van der Waals surface area contributed by atoms with Crippen LogP contribution >= 0.6 is 0 Å². The number of benzene rings is 2. The van der Waals surface area contributed by atoms with E-state index in [4.69, 9.17) is 9.47 Å². The van der Waals surface area contributed by atoms with Gasteiger partial charge in [-0.25, -0.2) is 4.79 Å². The standard InChI is InChI=1S/C22H24F3N3O4/c1-3-31-18(32-4-2)13-28-17-8-6-5-7-16(17)19(20(28)29)27-21(30)26-15-11-9-14(10-12-15)22(23,24)25/h5-12,18-19H,3-4,13H2,1-2H3,(H2,26,27,30)/t19-/m0/s1. The molecule has 32 heavy (non-hydrogen) atoms. The van der Waals surface area contributed by atoms with Gasteiger partial charge in [0.25, 0.3) is 5.91 Å². The first-order chi connectivity index (χ1) is 15.2. The Balaban J connectivity index is 1.72. The SMILES string of the molecule is CCOC(CN1C(=O)[C@@H](NC(=O)Nc2ccc(C(F)(F)F)cc2)c2ccccc21)OCC. The van der Waals surface area contributed by atoms with Crippen LogP contribution in [0.3, 0.4) is 0 Å². The normalized spacial score (nSPS) is 15.8. The Morgan fingerprint density at radius 1 is 1.06 bits per heavy atom. The fraction of sp³-hybridized carbons (Fsp3) is 0.364. The lowest BCUT2D eigenvalue weighted by molar-refractivity contribution is -0.137. The molecule has 1 aliphatic rings. The summed E-state index contributed by atoms with van der Waals surface area (Å²) in [6.07, 6.45) is -5.09. The van der Waals surface area contributed by atoms with Gasteiger partial charge in [0.2, 0.25) is 0 Å². The van der Waals surface area contributed by atoms with Crippen molar-refractivity contribution < 1.29 is 32.2 Å². The van der Waals surface area contributed by atoms with Gasteiger partial charge >= 0.3 is 12.2 Å². The minimum Gasteiger partial charge on any atom is -0.351 e. The molecule has 0 fully saturated rings. The first kappa shape index (κ1) is 23.6. The van der Waals surface area contributed by atoms with Crippen molar-refractivity contribution in [1.82, 2.24) is 5.32 Å². The number of rotatable bonds is 8. The van der Waals surface area contributed by atoms with Crippen LogP contribution < -0.4 is 15.5 Å². The summed E-state index contributed by atoms with van der Waals surface area (Å²) in [6, 6.07) is 9.38. The molecule has 0 bridgehead atoms. The lowest BCUT2D eigenvalue weighted by Gasteiger charge is -2.24. The Morgan fingerprint density at radius 3 is 2.28 bits per heavy atom. The molecule has 2 N–H and O–H groups in total. The number of anilines is 2. The van der Waals surface area contributed by atoms with Crippen molar-refractivity contribution in [2.45, 2.75) is 32.4 Å². The van der Waals surface area contributed by atoms with Gasteiger partial charge < -0.3 is 25.0 Å². The highest BCUT2D eigenvalue weighted by atomic mass is 19.4. The number of alkyl halides is 3. The van der Waals surface area contributed by atoms with Crippen LogP contribution in [-0.4, -0.2) is 38.0 Å². The average molecular weight is 451 g/mol. The summed E-state index contributed by atoms with van der Waals surface area (Å²) in [5, 5.41) is 5.06. The van der Waals surface area contributed by atoms with E-state index in [0.29, 0.717) is 24.5 Å². The molecule has 172 valence electrons. The monoisotopic (exact) mass is 451 g/mol. The van der Waals surface area contributed by atoms with Crippen LogP contribution in [0.15, 0.2) is 48.5 Å². The maximum absolute atomic E-state index is 13.1. The van der Waals surface area contributed by atoms with Gasteiger partial charge in [0, 0.05) is 30.2 Å². The Morgan fingerprint density at radius 2 is 1.69 bits per heavy atom. The van der Waals surface area contributed by atoms with E-state index in [9.17, 15) is 22.8 Å². The molecule has 1 aliphatic heterocycles. The molecule has 1 atom stereocenters. The second-order valence-electron chi connectivity index (χ2n) is 6.95. The Labute approximate surface area is 183 Å². The van der Waals surface area contributed by atoms with E-state index >= 15 is 0 Å². The van der Waals surface area contributed by atoms with Crippen LogP contribution in [0.4, 0.5) is 29.3 Å². The Kier molecular flexibility index (Phi) is 7.37. The molecule has 0 unspecified atom stereocenters. The van der Waals surface area contributed by atoms with E-state index in [0.717, 1.165) is 24.3 Å². The molecule has 0 radical (unpaired) electrons. The summed E-state index contributed by atoms with van der Waals surface area (Å²) in [5.74, 6) is -0.363. The predicted molar refractivity (Wildman–Crippen MR) is 112 cm³/mol. The number of hydrogen-bond donors (Lipinski definition) is 2. The third-order valence-electron chi connectivity index (χ3n) is 4.83. The summed E-state index contributed by atoms with van der Waals surface area (Å²) in [5.41, 5.74) is 0.574. The summed E-state index contributed by atoms with van der Waals surface area (Å²) in [6.45, 7) is 4.61. The zero-order chi connectivity index (χ0) is 23.3. The fourth-order valence-electron chi connectivity index (χ4n) is 3.43. The van der Waals surface area contributed by atoms with E-state index in [2.05, 4.69) is 10.6 Å². The van der Waals surface area contributed by atoms with Crippen LogP contribution in [0, 0.1) is 0 Å². The van der Waals surface area contributed by atoms with E-state index < -0.39 is 30.1 Å². The van der Waals surface area contributed by atoms with Crippen molar-refractivity contribution in [2.24, 2.45) is 0 Å². The smallest absolute Gasteiger partial charge is 0.351 e. The summed E-state index contributed by atoms with van der Waals surface area (Å²) < 4.78 is 49.2. The van der Waals surface area contributed by atoms with Gasteiger partial charge in [0.05, 0.1) is 12.1 Å². The molecule has 0 spiro atoms. The molecule has 0 aliphatic carbocycles. The molecule has 3 rings (SSSR count). The van der Waals surface area contributed by atoms with E-state index in [-0.39, 0.29) is 18.1 Å². The highest BCUT2D eigenvalue weighted by Gasteiger charge is 2.39. The van der Waals surface area contributed by atoms with Crippen molar-refractivity contribution in [3.8, 4) is 0 Å². The fourth-order valence-corrected chi connectivity index (χ4v) is 3.43. The molecule has 3 amide bonds. The number of carbonyl (C=O) groups is 2. The highest BCUT2D eigenvalue weighted by Crippen LogP contribution is 2.36. The maximum Gasteiger partial charge on any atom is 0.416 e. The Bertz CT molecular complexity index is 944. The number of carbonyl (C=O) groups excluding carboxylic acids is 2. The average Bonchev–Trinajstić information content (AvgIpc) is 3.00. The number of nitrogens with zero attached hydrogens (tertiary/aromatic N) is 1. The molecule has 10 heteroatoms. The van der Waals surface area contributed by atoms with Crippen molar-refractivity contribution in [2.75, 3.05) is 30.0 Å². The Hall–Kier alpha value is -3.11. The van der Waals surface area contributed by atoms with Crippen LogP contribution in [-0.2, 0) is 20.4 Å². The quantitative estimate of drug-likeness (QED) is 0.586. The van der Waals surface area contributed by atoms with Gasteiger partial charge in [-0.1, -0.05) is 18.2 Å². The number of halogens is 3. The summed E-state index contributed by atoms with van der Waals surface area (Å²) >= 11 is 0. The van der Waals surface area contributed by atoms with Gasteiger partial charge in [0.15, 0.2) is 6.29 Å². The minimum absolute atomic E-state index is 0.149. The van der Waals surface area contributed by atoms with Crippen molar-refractivity contribution >= 4 is 23.3 Å². The third-order valence-corrected chi connectivity index (χ3v) is 4.83. The third kappa shape index (κ3) is 5.38. The molecule has 0 saturated carbocycles. The number of fused-ring (bicyclic) bond motifs is 1. The first-order valence-electron chi connectivity index (χ1n) is 10.1. The van der Waals surface area contributed by atoms with Crippen molar-refractivity contribution in [1.29, 1.82) is 0 Å². The lowest BCUT2D eigenvalue weighted by Crippen LogP contribution is -2.43. The summed E-state index contributed by atoms with van der Waals surface area (Å²) in [4.78, 5) is 27.1. The zero-order valence-corrected chi connectivity index (χ0v) is 17.6. The second kappa shape index (κ2) is 10.0. The molecule has 0 aromatic heterocycles. The number of nitrogens with one attached hydrogen (secondary N) is 2. The molecule has 2 aromatic rings. The van der Waals surface area contributed by atoms with Crippen LogP contribution in [0.5, 0.6) is 0 Å². The van der Waals surface area contributed by atoms with Crippen LogP contribution in [0.2, 0.25) is 0 Å². The predicted octanol–water partition coefficient (Wildman–Crippen LogP) is 4.31. The number of amides is 3. The van der Waals surface area contributed by atoms with Gasteiger partial charge in [-0.2, -0.15) is 13.2 Å². The molecular weight excluding hydrogens is 427 g/mol. The minimum atomic E-state index is -4.47. The summed E-state index contributed by atoms with van der Waals surface area (Å²) in [7, 11) is 0. The first-order valence-corrected chi connectivity index (χ1v) is 10.1. The lowest BCUT2D eigenvalue weighted by atomic mass is 10.1. The molecule has 0 saturated heterocycles. The van der Waals surface area contributed by atoms with Crippen molar-refractivity contribution in [3.63, 3.8) is 0 Å². The zero-order valence-electron chi connectivity index (χ0n) is 17.6. The molecule has 2 aromatic carbocycles. The molecule has 1 heterocycles. The van der Waals surface area contributed by atoms with E-state index in [1.165, 1.54) is 4.90 Å². The second-order valence-corrected chi connectivity index (χ2v) is 6.95. The van der Waals surface area contributed by atoms with Gasteiger partial charge in [-0.3, -0.25) is 4.79 Å². The molecular formula is C22H24F3N3O4. The highest BCUT2D eigenvalue weighted by molar-refractivity contribution is 6.07. The van der Waals surface area contributed by atoms with Crippen molar-refractivity contribution in [3.05, 3.63) is 59.7 Å². The number of hydrogen-bond acceptors (Lipinski definition) is 4. The topological polar surface area (TPSA) is 79.9 Å². The number of urea groups is 1.